The van der Waals surface area contributed by atoms with Gasteiger partial charge in [0.15, 0.2) is 0 Å². The Bertz CT molecular complexity index is 200. The van der Waals surface area contributed by atoms with Crippen LogP contribution in [-0.4, -0.2) is 44.3 Å². The molecule has 0 aliphatic rings. The first-order valence-electron chi connectivity index (χ1n) is 7.18. The second kappa shape index (κ2) is 15.9. The van der Waals surface area contributed by atoms with Crippen LogP contribution in [0.15, 0.2) is 0 Å². The number of unbranched alkanes of at least 4 members (excludes halogenated alkanes) is 4. The molecule has 0 aliphatic heterocycles. The average Bonchev–Trinajstić information content (AvgIpc) is 2.41. The molecule has 0 aromatic carbocycles. The summed E-state index contributed by atoms with van der Waals surface area (Å²) in [5.74, 6) is -0.115. The Morgan fingerprint density at radius 3 is 2.21 bits per heavy atom. The van der Waals surface area contributed by atoms with Gasteiger partial charge in [0.2, 0.25) is 0 Å². The molecule has 4 nitrogen and oxygen atoms in total. The second-order valence-electron chi connectivity index (χ2n) is 4.30. The fourth-order valence-electron chi connectivity index (χ4n) is 1.54. The number of esters is 1. The maximum Gasteiger partial charge on any atom is 0.305 e. The predicted molar refractivity (Wildman–Crippen MR) is 79.8 cm³/mol. The Labute approximate surface area is 125 Å². The monoisotopic (exact) mass is 338 g/mol. The number of ether oxygens (including phenoxy) is 3. The van der Waals surface area contributed by atoms with Crippen LogP contribution in [0.3, 0.4) is 0 Å². The third kappa shape index (κ3) is 15.8. The quantitative estimate of drug-likeness (QED) is 0.277. The Morgan fingerprint density at radius 2 is 1.53 bits per heavy atom. The van der Waals surface area contributed by atoms with E-state index in [1.165, 1.54) is 19.3 Å². The molecule has 19 heavy (non-hydrogen) atoms. The molecule has 0 bridgehead atoms. The standard InChI is InChI=1S/C14H27BrO4/c1-2-3-4-5-6-7-14(16)19-13-12-18-11-10-17-9-8-15/h2-13H2,1H3. The van der Waals surface area contributed by atoms with Crippen LogP contribution < -0.4 is 0 Å². The van der Waals surface area contributed by atoms with E-state index in [0.717, 1.165) is 18.2 Å². The molecule has 0 atom stereocenters. The first-order valence-corrected chi connectivity index (χ1v) is 8.30. The minimum Gasteiger partial charge on any atom is -0.463 e. The van der Waals surface area contributed by atoms with Gasteiger partial charge in [0, 0.05) is 11.8 Å². The van der Waals surface area contributed by atoms with Gasteiger partial charge in [-0.3, -0.25) is 4.79 Å². The fraction of sp³-hybridized carbons (Fsp3) is 0.929. The first-order chi connectivity index (χ1) is 9.31. The summed E-state index contributed by atoms with van der Waals surface area (Å²) in [5.41, 5.74) is 0. The van der Waals surface area contributed by atoms with Gasteiger partial charge in [-0.05, 0) is 6.42 Å². The van der Waals surface area contributed by atoms with Crippen LogP contribution in [0.25, 0.3) is 0 Å². The maximum atomic E-state index is 11.3. The van der Waals surface area contributed by atoms with Gasteiger partial charge in [0.25, 0.3) is 0 Å². The molecule has 0 amide bonds. The number of halogens is 1. The van der Waals surface area contributed by atoms with E-state index in [0.29, 0.717) is 39.5 Å². The molecule has 114 valence electrons. The predicted octanol–water partition coefficient (Wildman–Crippen LogP) is 3.32. The molecule has 0 rings (SSSR count). The highest BCUT2D eigenvalue weighted by molar-refractivity contribution is 9.09. The van der Waals surface area contributed by atoms with Crippen LogP contribution in [0, 0.1) is 0 Å². The summed E-state index contributed by atoms with van der Waals surface area (Å²) in [7, 11) is 0. The number of hydrogen-bond donors (Lipinski definition) is 0. The van der Waals surface area contributed by atoms with E-state index in [-0.39, 0.29) is 5.97 Å². The zero-order valence-corrected chi connectivity index (χ0v) is 13.6. The summed E-state index contributed by atoms with van der Waals surface area (Å²) in [6.45, 7) is 4.78. The van der Waals surface area contributed by atoms with Crippen LogP contribution in [-0.2, 0) is 19.0 Å². The molecule has 0 fully saturated rings. The van der Waals surface area contributed by atoms with Crippen molar-refractivity contribution in [1.29, 1.82) is 0 Å². The Morgan fingerprint density at radius 1 is 0.895 bits per heavy atom. The van der Waals surface area contributed by atoms with Gasteiger partial charge >= 0.3 is 5.97 Å². The van der Waals surface area contributed by atoms with Crippen LogP contribution in [0.1, 0.15) is 45.4 Å². The molecule has 0 saturated heterocycles. The second-order valence-corrected chi connectivity index (χ2v) is 5.09. The lowest BCUT2D eigenvalue weighted by molar-refractivity contribution is -0.145. The minimum atomic E-state index is -0.115. The van der Waals surface area contributed by atoms with Gasteiger partial charge in [-0.25, -0.2) is 0 Å². The van der Waals surface area contributed by atoms with Gasteiger partial charge in [0.1, 0.15) is 6.61 Å². The normalized spacial score (nSPS) is 10.6. The largest absolute Gasteiger partial charge is 0.463 e. The zero-order chi connectivity index (χ0) is 14.2. The van der Waals surface area contributed by atoms with Crippen molar-refractivity contribution in [2.75, 3.05) is 38.4 Å². The van der Waals surface area contributed by atoms with E-state index < -0.39 is 0 Å². The van der Waals surface area contributed by atoms with E-state index >= 15 is 0 Å². The summed E-state index contributed by atoms with van der Waals surface area (Å²) in [6, 6.07) is 0. The van der Waals surface area contributed by atoms with Crippen LogP contribution in [0.4, 0.5) is 0 Å². The van der Waals surface area contributed by atoms with Crippen molar-refractivity contribution in [2.45, 2.75) is 45.4 Å². The van der Waals surface area contributed by atoms with Gasteiger partial charge in [-0.15, -0.1) is 0 Å². The van der Waals surface area contributed by atoms with Gasteiger partial charge < -0.3 is 14.2 Å². The number of carbonyl (C=O) groups is 1. The van der Waals surface area contributed by atoms with Crippen LogP contribution in [0.2, 0.25) is 0 Å². The van der Waals surface area contributed by atoms with Crippen molar-refractivity contribution in [3.63, 3.8) is 0 Å². The third-order valence-electron chi connectivity index (χ3n) is 2.57. The lowest BCUT2D eigenvalue weighted by Gasteiger charge is -2.06. The first kappa shape index (κ1) is 18.9. The smallest absolute Gasteiger partial charge is 0.305 e. The lowest BCUT2D eigenvalue weighted by Crippen LogP contribution is -2.13. The highest BCUT2D eigenvalue weighted by Crippen LogP contribution is 2.05. The minimum absolute atomic E-state index is 0.115. The molecule has 0 aromatic rings. The maximum absolute atomic E-state index is 11.3. The van der Waals surface area contributed by atoms with E-state index in [9.17, 15) is 4.79 Å². The summed E-state index contributed by atoms with van der Waals surface area (Å²) in [6.07, 6.45) is 6.25. The Hall–Kier alpha value is -0.130. The van der Waals surface area contributed by atoms with E-state index in [1.54, 1.807) is 0 Å². The molecule has 0 heterocycles. The zero-order valence-electron chi connectivity index (χ0n) is 12.0. The summed E-state index contributed by atoms with van der Waals surface area (Å²) in [4.78, 5) is 11.3. The molecular weight excluding hydrogens is 312 g/mol. The van der Waals surface area contributed by atoms with Gasteiger partial charge in [0.05, 0.1) is 26.4 Å². The van der Waals surface area contributed by atoms with Gasteiger partial charge in [-0.2, -0.15) is 0 Å². The van der Waals surface area contributed by atoms with Crippen LogP contribution in [0.5, 0.6) is 0 Å². The van der Waals surface area contributed by atoms with Crippen molar-refractivity contribution < 1.29 is 19.0 Å². The highest BCUT2D eigenvalue weighted by atomic mass is 79.9. The molecular formula is C14H27BrO4. The summed E-state index contributed by atoms with van der Waals surface area (Å²) in [5, 5.41) is 0.836. The topological polar surface area (TPSA) is 44.8 Å². The van der Waals surface area contributed by atoms with Gasteiger partial charge in [-0.1, -0.05) is 48.5 Å². The van der Waals surface area contributed by atoms with E-state index in [4.69, 9.17) is 14.2 Å². The molecule has 5 heteroatoms. The number of hydrogen-bond acceptors (Lipinski definition) is 4. The Balaban J connectivity index is 3.12. The highest BCUT2D eigenvalue weighted by Gasteiger charge is 2.02. The molecule has 0 aliphatic carbocycles. The number of alkyl halides is 1. The summed E-state index contributed by atoms with van der Waals surface area (Å²) < 4.78 is 15.6. The number of rotatable bonds is 14. The average molecular weight is 339 g/mol. The SMILES string of the molecule is CCCCCCCC(=O)OCCOCCOCCBr. The molecule has 0 radical (unpaired) electrons. The molecule has 0 N–H and O–H groups in total. The molecule has 0 unspecified atom stereocenters. The molecule has 0 saturated carbocycles. The van der Waals surface area contributed by atoms with Crippen molar-refractivity contribution in [3.8, 4) is 0 Å². The Kier molecular flexibility index (Phi) is 15.8. The van der Waals surface area contributed by atoms with Crippen molar-refractivity contribution >= 4 is 21.9 Å². The molecule has 0 spiro atoms. The van der Waals surface area contributed by atoms with Crippen LogP contribution >= 0.6 is 15.9 Å². The van der Waals surface area contributed by atoms with Crippen molar-refractivity contribution in [3.05, 3.63) is 0 Å². The number of carbonyl (C=O) groups excluding carboxylic acids is 1. The van der Waals surface area contributed by atoms with Crippen molar-refractivity contribution in [2.24, 2.45) is 0 Å². The van der Waals surface area contributed by atoms with E-state index in [2.05, 4.69) is 22.9 Å². The lowest BCUT2D eigenvalue weighted by atomic mass is 10.1. The van der Waals surface area contributed by atoms with Crippen molar-refractivity contribution in [1.82, 2.24) is 0 Å². The third-order valence-corrected chi connectivity index (χ3v) is 2.89. The fourth-order valence-corrected chi connectivity index (χ4v) is 1.76. The summed E-state index contributed by atoms with van der Waals surface area (Å²) >= 11 is 3.27. The van der Waals surface area contributed by atoms with E-state index in [1.807, 2.05) is 0 Å². The molecule has 0 aromatic heterocycles.